The van der Waals surface area contributed by atoms with E-state index >= 15 is 0 Å². The Bertz CT molecular complexity index is 576. The maximum Gasteiger partial charge on any atom is 0.332 e. The summed E-state index contributed by atoms with van der Waals surface area (Å²) in [4.78, 5) is 11.7. The van der Waals surface area contributed by atoms with E-state index < -0.39 is 0 Å². The van der Waals surface area contributed by atoms with Gasteiger partial charge in [-0.25, -0.2) is 4.79 Å². The van der Waals surface area contributed by atoms with Gasteiger partial charge in [-0.2, -0.15) is 0 Å². The number of carbonyl (C=O) groups excluding carboxylic acids is 1. The first-order valence-corrected chi connectivity index (χ1v) is 6.55. The molecule has 0 saturated carbocycles. The van der Waals surface area contributed by atoms with Crippen molar-refractivity contribution in [2.75, 3.05) is 11.9 Å². The summed E-state index contributed by atoms with van der Waals surface area (Å²) >= 11 is 0. The second-order valence-corrected chi connectivity index (χ2v) is 4.17. The minimum absolute atomic E-state index is 0.352. The van der Waals surface area contributed by atoms with Gasteiger partial charge in [0.1, 0.15) is 0 Å². The third-order valence-electron chi connectivity index (χ3n) is 2.69. The quantitative estimate of drug-likeness (QED) is 0.663. The van der Waals surface area contributed by atoms with E-state index in [1.54, 1.807) is 6.92 Å². The van der Waals surface area contributed by atoms with Crippen LogP contribution in [-0.2, 0) is 9.53 Å². The molecule has 102 valence electrons. The van der Waals surface area contributed by atoms with Crippen molar-refractivity contribution in [2.45, 2.75) is 6.92 Å². The molecule has 0 heterocycles. The summed E-state index contributed by atoms with van der Waals surface area (Å²) in [6.45, 7) is 2.15. The van der Waals surface area contributed by atoms with Gasteiger partial charge in [0.15, 0.2) is 0 Å². The van der Waals surface area contributed by atoms with Crippen molar-refractivity contribution in [3.05, 3.63) is 72.3 Å². The molecule has 0 aromatic heterocycles. The van der Waals surface area contributed by atoms with Crippen molar-refractivity contribution in [1.82, 2.24) is 0 Å². The van der Waals surface area contributed by atoms with Crippen LogP contribution in [0.4, 0.5) is 5.69 Å². The van der Waals surface area contributed by atoms with E-state index in [9.17, 15) is 4.79 Å². The Hall–Kier alpha value is -2.55. The van der Waals surface area contributed by atoms with Gasteiger partial charge in [-0.05, 0) is 24.6 Å². The van der Waals surface area contributed by atoms with Crippen LogP contribution in [-0.4, -0.2) is 12.6 Å². The molecule has 0 amide bonds. The summed E-state index contributed by atoms with van der Waals surface area (Å²) in [5.74, 6) is -0.352. The second-order valence-electron chi connectivity index (χ2n) is 4.17. The van der Waals surface area contributed by atoms with Crippen LogP contribution in [0.5, 0.6) is 0 Å². The van der Waals surface area contributed by atoms with Crippen LogP contribution in [0.1, 0.15) is 12.5 Å². The summed E-state index contributed by atoms with van der Waals surface area (Å²) in [7, 11) is 0. The SMILES string of the molecule is CCOC(=O)/C=C(\Nc1ccccc1)c1ccccc1. The van der Waals surface area contributed by atoms with Crippen LogP contribution in [0, 0.1) is 0 Å². The molecule has 0 aliphatic carbocycles. The van der Waals surface area contributed by atoms with E-state index in [2.05, 4.69) is 5.32 Å². The number of hydrogen-bond donors (Lipinski definition) is 1. The Kier molecular flexibility index (Phi) is 4.95. The fraction of sp³-hybridized carbons (Fsp3) is 0.118. The summed E-state index contributed by atoms with van der Waals surface area (Å²) < 4.78 is 4.98. The third-order valence-corrected chi connectivity index (χ3v) is 2.69. The van der Waals surface area contributed by atoms with E-state index in [0.717, 1.165) is 16.9 Å². The molecule has 0 fully saturated rings. The van der Waals surface area contributed by atoms with Crippen LogP contribution in [0.15, 0.2) is 66.7 Å². The van der Waals surface area contributed by atoms with E-state index in [1.165, 1.54) is 6.08 Å². The lowest BCUT2D eigenvalue weighted by molar-refractivity contribution is -0.137. The van der Waals surface area contributed by atoms with Crippen LogP contribution in [0.2, 0.25) is 0 Å². The molecule has 0 bridgehead atoms. The first-order valence-electron chi connectivity index (χ1n) is 6.55. The lowest BCUT2D eigenvalue weighted by Gasteiger charge is -2.11. The van der Waals surface area contributed by atoms with Gasteiger partial charge in [-0.3, -0.25) is 0 Å². The molecule has 3 heteroatoms. The smallest absolute Gasteiger partial charge is 0.332 e. The van der Waals surface area contributed by atoms with E-state index in [-0.39, 0.29) is 5.97 Å². The Balaban J connectivity index is 2.27. The van der Waals surface area contributed by atoms with Crippen molar-refractivity contribution >= 4 is 17.4 Å². The molecule has 3 nitrogen and oxygen atoms in total. The highest BCUT2D eigenvalue weighted by atomic mass is 16.5. The van der Waals surface area contributed by atoms with E-state index in [1.807, 2.05) is 60.7 Å². The Labute approximate surface area is 118 Å². The lowest BCUT2D eigenvalue weighted by Crippen LogP contribution is -2.05. The van der Waals surface area contributed by atoms with Crippen molar-refractivity contribution in [2.24, 2.45) is 0 Å². The molecule has 2 rings (SSSR count). The third kappa shape index (κ3) is 3.99. The second kappa shape index (κ2) is 7.14. The van der Waals surface area contributed by atoms with E-state index in [0.29, 0.717) is 6.61 Å². The first kappa shape index (κ1) is 13.9. The normalized spacial score (nSPS) is 10.9. The molecule has 2 aromatic carbocycles. The molecule has 0 atom stereocenters. The molecule has 0 unspecified atom stereocenters. The van der Waals surface area contributed by atoms with Gasteiger partial charge in [-0.15, -0.1) is 0 Å². The number of anilines is 1. The highest BCUT2D eigenvalue weighted by Gasteiger charge is 2.05. The van der Waals surface area contributed by atoms with Gasteiger partial charge < -0.3 is 10.1 Å². The summed E-state index contributed by atoms with van der Waals surface area (Å²) in [5, 5.41) is 3.24. The highest BCUT2D eigenvalue weighted by Crippen LogP contribution is 2.18. The Morgan fingerprint density at radius 3 is 2.25 bits per heavy atom. The zero-order chi connectivity index (χ0) is 14.2. The Morgan fingerprint density at radius 2 is 1.65 bits per heavy atom. The molecular formula is C17H17NO2. The molecule has 0 aliphatic rings. The molecule has 0 radical (unpaired) electrons. The molecule has 2 aromatic rings. The number of carbonyl (C=O) groups is 1. The van der Waals surface area contributed by atoms with Gasteiger partial charge in [0.2, 0.25) is 0 Å². The topological polar surface area (TPSA) is 38.3 Å². The van der Waals surface area contributed by atoms with Crippen LogP contribution >= 0.6 is 0 Å². The van der Waals surface area contributed by atoms with Crippen LogP contribution in [0.3, 0.4) is 0 Å². The number of benzene rings is 2. The molecule has 20 heavy (non-hydrogen) atoms. The predicted molar refractivity (Wildman–Crippen MR) is 81.1 cm³/mol. The van der Waals surface area contributed by atoms with Gasteiger partial charge >= 0.3 is 5.97 Å². The number of ether oxygens (including phenoxy) is 1. The molecule has 1 N–H and O–H groups in total. The zero-order valence-electron chi connectivity index (χ0n) is 11.4. The minimum atomic E-state index is -0.352. The Morgan fingerprint density at radius 1 is 1.05 bits per heavy atom. The maximum atomic E-state index is 11.7. The van der Waals surface area contributed by atoms with E-state index in [4.69, 9.17) is 4.74 Å². The van der Waals surface area contributed by atoms with Crippen molar-refractivity contribution < 1.29 is 9.53 Å². The van der Waals surface area contributed by atoms with Gasteiger partial charge in [0, 0.05) is 11.8 Å². The van der Waals surface area contributed by atoms with Crippen LogP contribution in [0.25, 0.3) is 5.70 Å². The number of esters is 1. The number of nitrogens with one attached hydrogen (secondary N) is 1. The average Bonchev–Trinajstić information content (AvgIpc) is 2.49. The van der Waals surface area contributed by atoms with Crippen LogP contribution < -0.4 is 5.32 Å². The average molecular weight is 267 g/mol. The fourth-order valence-corrected chi connectivity index (χ4v) is 1.79. The highest BCUT2D eigenvalue weighted by molar-refractivity contribution is 5.94. The van der Waals surface area contributed by atoms with Gasteiger partial charge in [-0.1, -0.05) is 48.5 Å². The number of para-hydroxylation sites is 1. The summed E-state index contributed by atoms with van der Waals surface area (Å²) in [6.07, 6.45) is 1.48. The predicted octanol–water partition coefficient (Wildman–Crippen LogP) is 3.70. The number of rotatable bonds is 5. The monoisotopic (exact) mass is 267 g/mol. The lowest BCUT2D eigenvalue weighted by atomic mass is 10.1. The summed E-state index contributed by atoms with van der Waals surface area (Å²) in [5.41, 5.74) is 2.58. The summed E-state index contributed by atoms with van der Waals surface area (Å²) in [6, 6.07) is 19.4. The maximum absolute atomic E-state index is 11.7. The van der Waals surface area contributed by atoms with Crippen molar-refractivity contribution in [3.8, 4) is 0 Å². The molecule has 0 aliphatic heterocycles. The molecular weight excluding hydrogens is 250 g/mol. The van der Waals surface area contributed by atoms with Crippen molar-refractivity contribution in [3.63, 3.8) is 0 Å². The zero-order valence-corrected chi connectivity index (χ0v) is 11.4. The largest absolute Gasteiger partial charge is 0.463 e. The molecule has 0 spiro atoms. The van der Waals surface area contributed by atoms with Gasteiger partial charge in [0.25, 0.3) is 0 Å². The molecule has 0 saturated heterocycles. The first-order chi connectivity index (χ1) is 9.79. The standard InChI is InChI=1S/C17H17NO2/c1-2-20-17(19)13-16(14-9-5-3-6-10-14)18-15-11-7-4-8-12-15/h3-13,18H,2H2,1H3/b16-13-. The van der Waals surface area contributed by atoms with Crippen molar-refractivity contribution in [1.29, 1.82) is 0 Å². The number of hydrogen-bond acceptors (Lipinski definition) is 3. The minimum Gasteiger partial charge on any atom is -0.463 e. The van der Waals surface area contributed by atoms with Gasteiger partial charge in [0.05, 0.1) is 12.3 Å². The fourth-order valence-electron chi connectivity index (χ4n) is 1.79.